The van der Waals surface area contributed by atoms with Gasteiger partial charge in [0.1, 0.15) is 6.79 Å². The maximum atomic E-state index is 8.00. The molecule has 0 aliphatic carbocycles. The van der Waals surface area contributed by atoms with E-state index in [2.05, 4.69) is 19.2 Å². The van der Waals surface area contributed by atoms with Gasteiger partial charge in [0.25, 0.3) is 0 Å². The van der Waals surface area contributed by atoms with Gasteiger partial charge in [0.15, 0.2) is 0 Å². The number of carbonyl (C=O) groups is 1. The molecular weight excluding hydrogens is 90.1 g/mol. The quantitative estimate of drug-likeness (QED) is 0.521. The molecule has 0 heterocycles. The highest BCUT2D eigenvalue weighted by atomic mass is 16.1. The van der Waals surface area contributed by atoms with Gasteiger partial charge in [-0.25, -0.2) is 0 Å². The SMILES string of the molecule is C=O.CNC(C)C. The molecule has 0 saturated heterocycles. The molecular formula is C5H13NO. The average molecular weight is 103 g/mol. The molecule has 0 aliphatic rings. The van der Waals surface area contributed by atoms with E-state index in [0.29, 0.717) is 6.04 Å². The molecule has 7 heavy (non-hydrogen) atoms. The fourth-order valence-electron chi connectivity index (χ4n) is 0. The van der Waals surface area contributed by atoms with Crippen molar-refractivity contribution < 1.29 is 4.79 Å². The second-order valence-electron chi connectivity index (χ2n) is 1.44. The Morgan fingerprint density at radius 2 is 1.57 bits per heavy atom. The van der Waals surface area contributed by atoms with E-state index in [0.717, 1.165) is 0 Å². The van der Waals surface area contributed by atoms with Gasteiger partial charge < -0.3 is 10.1 Å². The standard InChI is InChI=1S/C4H11N.CH2O/c1-4(2)5-3;1-2/h4-5H,1-3H3;1H2. The lowest BCUT2D eigenvalue weighted by atomic mass is 10.4. The Morgan fingerprint density at radius 1 is 1.43 bits per heavy atom. The largest absolute Gasteiger partial charge is 0.318 e. The Kier molecular flexibility index (Phi) is 12.8. The van der Waals surface area contributed by atoms with Gasteiger partial charge >= 0.3 is 0 Å². The zero-order valence-corrected chi connectivity index (χ0v) is 5.19. The number of hydrogen-bond acceptors (Lipinski definition) is 2. The van der Waals surface area contributed by atoms with Gasteiger partial charge in [0, 0.05) is 6.04 Å². The van der Waals surface area contributed by atoms with Crippen LogP contribution in [0.2, 0.25) is 0 Å². The number of rotatable bonds is 1. The molecule has 0 bridgehead atoms. The summed E-state index contributed by atoms with van der Waals surface area (Å²) in [4.78, 5) is 8.00. The summed E-state index contributed by atoms with van der Waals surface area (Å²) < 4.78 is 0. The maximum Gasteiger partial charge on any atom is 0.106 e. The van der Waals surface area contributed by atoms with Crippen LogP contribution >= 0.6 is 0 Å². The van der Waals surface area contributed by atoms with Crippen LogP contribution in [0.25, 0.3) is 0 Å². The summed E-state index contributed by atoms with van der Waals surface area (Å²) >= 11 is 0. The highest BCUT2D eigenvalue weighted by molar-refractivity contribution is 5.10. The Bertz CT molecular complexity index is 29.3. The fourth-order valence-corrected chi connectivity index (χ4v) is 0. The van der Waals surface area contributed by atoms with Gasteiger partial charge in [-0.3, -0.25) is 0 Å². The first-order chi connectivity index (χ1) is 3.27. The summed E-state index contributed by atoms with van der Waals surface area (Å²) in [6.07, 6.45) is 0. The molecule has 0 aromatic rings. The predicted molar refractivity (Wildman–Crippen MR) is 31.3 cm³/mol. The minimum atomic E-state index is 0.634. The van der Waals surface area contributed by atoms with Crippen LogP contribution < -0.4 is 5.32 Å². The van der Waals surface area contributed by atoms with E-state index in [1.165, 1.54) is 0 Å². The first-order valence-corrected chi connectivity index (χ1v) is 2.23. The van der Waals surface area contributed by atoms with Crippen molar-refractivity contribution in [1.29, 1.82) is 0 Å². The third kappa shape index (κ3) is 27.9. The van der Waals surface area contributed by atoms with Crippen LogP contribution in [0.1, 0.15) is 13.8 Å². The molecule has 0 aromatic carbocycles. The summed E-state index contributed by atoms with van der Waals surface area (Å²) in [7, 11) is 1.95. The van der Waals surface area contributed by atoms with Gasteiger partial charge in [0.2, 0.25) is 0 Å². The number of carbonyl (C=O) groups excluding carboxylic acids is 1. The number of nitrogens with one attached hydrogen (secondary N) is 1. The minimum absolute atomic E-state index is 0.634. The van der Waals surface area contributed by atoms with Crippen molar-refractivity contribution in [1.82, 2.24) is 5.32 Å². The lowest BCUT2D eigenvalue weighted by Crippen LogP contribution is -2.15. The van der Waals surface area contributed by atoms with Crippen molar-refractivity contribution in [2.45, 2.75) is 19.9 Å². The Hall–Kier alpha value is -0.370. The lowest BCUT2D eigenvalue weighted by Gasteiger charge is -1.95. The number of hydrogen-bond donors (Lipinski definition) is 1. The van der Waals surface area contributed by atoms with Crippen molar-refractivity contribution in [2.75, 3.05) is 7.05 Å². The summed E-state index contributed by atoms with van der Waals surface area (Å²) in [5.74, 6) is 0. The van der Waals surface area contributed by atoms with Crippen LogP contribution in [0.5, 0.6) is 0 Å². The molecule has 0 aromatic heterocycles. The lowest BCUT2D eigenvalue weighted by molar-refractivity contribution is -0.0979. The van der Waals surface area contributed by atoms with Crippen LogP contribution in [0, 0.1) is 0 Å². The smallest absolute Gasteiger partial charge is 0.106 e. The summed E-state index contributed by atoms with van der Waals surface area (Å²) in [6.45, 7) is 6.22. The first-order valence-electron chi connectivity index (χ1n) is 2.23. The van der Waals surface area contributed by atoms with Crippen molar-refractivity contribution in [3.63, 3.8) is 0 Å². The summed E-state index contributed by atoms with van der Waals surface area (Å²) in [6, 6.07) is 0.634. The Balaban J connectivity index is 0. The highest BCUT2D eigenvalue weighted by Gasteiger charge is 1.76. The van der Waals surface area contributed by atoms with E-state index in [-0.39, 0.29) is 0 Å². The predicted octanol–water partition coefficient (Wildman–Crippen LogP) is 0.429. The molecule has 0 atom stereocenters. The van der Waals surface area contributed by atoms with Crippen LogP contribution in [-0.2, 0) is 4.79 Å². The third-order valence-corrected chi connectivity index (χ3v) is 0.577. The molecule has 0 spiro atoms. The normalized spacial score (nSPS) is 7.43. The molecule has 0 rings (SSSR count). The van der Waals surface area contributed by atoms with E-state index in [4.69, 9.17) is 4.79 Å². The minimum Gasteiger partial charge on any atom is -0.318 e. The summed E-state index contributed by atoms with van der Waals surface area (Å²) in [5.41, 5.74) is 0. The van der Waals surface area contributed by atoms with Gasteiger partial charge in [0.05, 0.1) is 0 Å². The zero-order valence-electron chi connectivity index (χ0n) is 5.19. The maximum absolute atomic E-state index is 8.00. The average Bonchev–Trinajstić information content (AvgIpc) is 1.73. The van der Waals surface area contributed by atoms with E-state index in [1.54, 1.807) is 0 Å². The molecule has 0 amide bonds. The van der Waals surface area contributed by atoms with Crippen LogP contribution in [0.3, 0.4) is 0 Å². The molecule has 2 heteroatoms. The third-order valence-electron chi connectivity index (χ3n) is 0.577. The Morgan fingerprint density at radius 3 is 1.57 bits per heavy atom. The monoisotopic (exact) mass is 103 g/mol. The van der Waals surface area contributed by atoms with E-state index in [9.17, 15) is 0 Å². The Labute approximate surface area is 44.9 Å². The fraction of sp³-hybridized carbons (Fsp3) is 0.800. The highest BCUT2D eigenvalue weighted by Crippen LogP contribution is 1.66. The van der Waals surface area contributed by atoms with Crippen molar-refractivity contribution in [3.8, 4) is 0 Å². The van der Waals surface area contributed by atoms with Crippen LogP contribution in [0.4, 0.5) is 0 Å². The van der Waals surface area contributed by atoms with E-state index < -0.39 is 0 Å². The topological polar surface area (TPSA) is 29.1 Å². The molecule has 0 unspecified atom stereocenters. The van der Waals surface area contributed by atoms with E-state index >= 15 is 0 Å². The second kappa shape index (κ2) is 9.16. The van der Waals surface area contributed by atoms with Crippen molar-refractivity contribution >= 4 is 6.79 Å². The van der Waals surface area contributed by atoms with Gasteiger partial charge in [-0.05, 0) is 7.05 Å². The van der Waals surface area contributed by atoms with Crippen molar-refractivity contribution in [3.05, 3.63) is 0 Å². The molecule has 0 fully saturated rings. The first kappa shape index (κ1) is 9.80. The van der Waals surface area contributed by atoms with Gasteiger partial charge in [-0.2, -0.15) is 0 Å². The molecule has 0 radical (unpaired) electrons. The second-order valence-corrected chi connectivity index (χ2v) is 1.44. The van der Waals surface area contributed by atoms with Crippen molar-refractivity contribution in [2.24, 2.45) is 0 Å². The van der Waals surface area contributed by atoms with Gasteiger partial charge in [-0.1, -0.05) is 13.8 Å². The van der Waals surface area contributed by atoms with Crippen LogP contribution in [0.15, 0.2) is 0 Å². The summed E-state index contributed by atoms with van der Waals surface area (Å²) in [5, 5.41) is 3.03. The van der Waals surface area contributed by atoms with Crippen LogP contribution in [-0.4, -0.2) is 19.9 Å². The van der Waals surface area contributed by atoms with E-state index in [1.807, 2.05) is 13.8 Å². The van der Waals surface area contributed by atoms with Gasteiger partial charge in [-0.15, -0.1) is 0 Å². The molecule has 0 saturated carbocycles. The molecule has 2 nitrogen and oxygen atoms in total. The molecule has 1 N–H and O–H groups in total. The molecule has 44 valence electrons. The molecule has 0 aliphatic heterocycles. The zero-order chi connectivity index (χ0) is 6.28.